The Morgan fingerprint density at radius 1 is 1.11 bits per heavy atom. The molecule has 0 N–H and O–H groups in total. The second kappa shape index (κ2) is 12.4. The van der Waals surface area contributed by atoms with Crippen LogP contribution >= 0.6 is 0 Å². The van der Waals surface area contributed by atoms with E-state index in [1.54, 1.807) is 14.0 Å². The number of nitrogens with zero attached hydrogens (tertiary/aromatic N) is 1. The van der Waals surface area contributed by atoms with Crippen LogP contribution in [0, 0.1) is 0 Å². The summed E-state index contributed by atoms with van der Waals surface area (Å²) in [5.74, 6) is -0.298. The Kier molecular flexibility index (Phi) is 12.0. The van der Waals surface area contributed by atoms with E-state index in [0.29, 0.717) is 25.9 Å². The Balaban J connectivity index is 3.94. The molecule has 114 valence electrons. The van der Waals surface area contributed by atoms with E-state index < -0.39 is 0 Å². The van der Waals surface area contributed by atoms with E-state index in [4.69, 9.17) is 14.2 Å². The summed E-state index contributed by atoms with van der Waals surface area (Å²) < 4.78 is 15.3. The highest BCUT2D eigenvalue weighted by Crippen LogP contribution is 2.07. The first-order valence-electron chi connectivity index (χ1n) is 7.15. The largest absolute Gasteiger partial charge is 0.464 e. The van der Waals surface area contributed by atoms with Crippen molar-refractivity contribution in [3.8, 4) is 0 Å². The molecule has 0 amide bonds. The summed E-state index contributed by atoms with van der Waals surface area (Å²) in [4.78, 5) is 13.5. The van der Waals surface area contributed by atoms with Crippen LogP contribution in [0.4, 0.5) is 0 Å². The number of rotatable bonds is 12. The van der Waals surface area contributed by atoms with Crippen molar-refractivity contribution in [2.45, 2.75) is 39.7 Å². The molecule has 0 atom stereocenters. The zero-order chi connectivity index (χ0) is 14.5. The number of carbonyl (C=O) groups is 1. The summed E-state index contributed by atoms with van der Waals surface area (Å²) in [6, 6.07) is 0.543. The Bertz CT molecular complexity index is 219. The summed E-state index contributed by atoms with van der Waals surface area (Å²) >= 11 is 0. The van der Waals surface area contributed by atoms with Crippen LogP contribution in [0.2, 0.25) is 0 Å². The first-order valence-corrected chi connectivity index (χ1v) is 7.15. The molecule has 0 saturated carbocycles. The fourth-order valence-corrected chi connectivity index (χ4v) is 2.03. The number of hydrogen-bond donors (Lipinski definition) is 0. The minimum Gasteiger partial charge on any atom is -0.464 e. The third-order valence-electron chi connectivity index (χ3n) is 3.09. The molecule has 19 heavy (non-hydrogen) atoms. The van der Waals surface area contributed by atoms with Crippen molar-refractivity contribution >= 4 is 5.97 Å². The van der Waals surface area contributed by atoms with E-state index in [9.17, 15) is 4.79 Å². The summed E-state index contributed by atoms with van der Waals surface area (Å²) in [6.07, 6.45) is 2.22. The highest BCUT2D eigenvalue weighted by molar-refractivity contribution is 5.70. The van der Waals surface area contributed by atoms with Gasteiger partial charge in [-0.25, -0.2) is 4.79 Å². The molecule has 0 heterocycles. The number of methoxy groups -OCH3 is 1. The van der Waals surface area contributed by atoms with Gasteiger partial charge < -0.3 is 14.2 Å². The second-order valence-electron chi connectivity index (χ2n) is 4.36. The van der Waals surface area contributed by atoms with Gasteiger partial charge in [-0.2, -0.15) is 0 Å². The lowest BCUT2D eigenvalue weighted by Gasteiger charge is -2.30. The molecule has 0 aliphatic heterocycles. The summed E-state index contributed by atoms with van der Waals surface area (Å²) in [5.41, 5.74) is 0. The average Bonchev–Trinajstić information content (AvgIpc) is 2.41. The minimum atomic E-state index is -0.298. The highest BCUT2D eigenvalue weighted by Gasteiger charge is 2.14. The molecular weight excluding hydrogens is 246 g/mol. The highest BCUT2D eigenvalue weighted by atomic mass is 16.6. The SMILES string of the molecule is CCOC(=O)COCCN(CCOC)C(CC)CC. The van der Waals surface area contributed by atoms with Gasteiger partial charge in [0, 0.05) is 26.2 Å². The van der Waals surface area contributed by atoms with Crippen LogP contribution in [0.15, 0.2) is 0 Å². The fourth-order valence-electron chi connectivity index (χ4n) is 2.03. The monoisotopic (exact) mass is 275 g/mol. The smallest absolute Gasteiger partial charge is 0.332 e. The van der Waals surface area contributed by atoms with Crippen LogP contribution in [0.25, 0.3) is 0 Å². The van der Waals surface area contributed by atoms with E-state index in [1.165, 1.54) is 0 Å². The number of hydrogen-bond acceptors (Lipinski definition) is 5. The molecule has 0 unspecified atom stereocenters. The zero-order valence-corrected chi connectivity index (χ0v) is 12.8. The maximum atomic E-state index is 11.1. The molecule has 0 aromatic carbocycles. The van der Waals surface area contributed by atoms with Gasteiger partial charge >= 0.3 is 5.97 Å². The third-order valence-corrected chi connectivity index (χ3v) is 3.09. The second-order valence-corrected chi connectivity index (χ2v) is 4.36. The fraction of sp³-hybridized carbons (Fsp3) is 0.929. The maximum Gasteiger partial charge on any atom is 0.332 e. The molecule has 0 spiro atoms. The van der Waals surface area contributed by atoms with Crippen LogP contribution in [-0.2, 0) is 19.0 Å². The molecule has 5 nitrogen and oxygen atoms in total. The van der Waals surface area contributed by atoms with Crippen LogP contribution in [-0.4, -0.2) is 63.5 Å². The molecule has 0 aliphatic rings. The zero-order valence-electron chi connectivity index (χ0n) is 12.8. The lowest BCUT2D eigenvalue weighted by Crippen LogP contribution is -2.39. The summed E-state index contributed by atoms with van der Waals surface area (Å²) in [5, 5.41) is 0. The normalized spacial score (nSPS) is 11.3. The first-order chi connectivity index (χ1) is 9.19. The van der Waals surface area contributed by atoms with Crippen molar-refractivity contribution < 1.29 is 19.0 Å². The van der Waals surface area contributed by atoms with Crippen molar-refractivity contribution in [3.05, 3.63) is 0 Å². The molecule has 0 aromatic rings. The molecule has 5 heteroatoms. The molecule has 0 bridgehead atoms. The molecule has 0 aliphatic carbocycles. The molecular formula is C14H29NO4. The summed E-state index contributed by atoms with van der Waals surface area (Å²) in [7, 11) is 1.71. The Labute approximate surface area is 117 Å². The van der Waals surface area contributed by atoms with E-state index in [0.717, 1.165) is 25.9 Å². The van der Waals surface area contributed by atoms with Gasteiger partial charge in [0.05, 0.1) is 19.8 Å². The topological polar surface area (TPSA) is 48.0 Å². The van der Waals surface area contributed by atoms with E-state index in [1.807, 2.05) is 0 Å². The van der Waals surface area contributed by atoms with E-state index in [-0.39, 0.29) is 12.6 Å². The van der Waals surface area contributed by atoms with Crippen LogP contribution in [0.3, 0.4) is 0 Å². The molecule has 0 aromatic heterocycles. The van der Waals surface area contributed by atoms with Gasteiger partial charge in [-0.3, -0.25) is 4.90 Å². The third kappa shape index (κ3) is 8.97. The number of carbonyl (C=O) groups excluding carboxylic acids is 1. The van der Waals surface area contributed by atoms with E-state index >= 15 is 0 Å². The van der Waals surface area contributed by atoms with Gasteiger partial charge in [-0.15, -0.1) is 0 Å². The van der Waals surface area contributed by atoms with Crippen molar-refractivity contribution in [1.29, 1.82) is 0 Å². The molecule has 0 radical (unpaired) electrons. The van der Waals surface area contributed by atoms with Crippen LogP contribution in [0.5, 0.6) is 0 Å². The maximum absolute atomic E-state index is 11.1. The lowest BCUT2D eigenvalue weighted by atomic mass is 10.1. The predicted octanol–water partition coefficient (Wildman–Crippen LogP) is 1.70. The van der Waals surface area contributed by atoms with Gasteiger partial charge in [0.2, 0.25) is 0 Å². The van der Waals surface area contributed by atoms with E-state index in [2.05, 4.69) is 18.7 Å². The van der Waals surface area contributed by atoms with Gasteiger partial charge in [0.25, 0.3) is 0 Å². The Morgan fingerprint density at radius 2 is 1.74 bits per heavy atom. The van der Waals surface area contributed by atoms with Gasteiger partial charge in [0.1, 0.15) is 6.61 Å². The first kappa shape index (κ1) is 18.4. The lowest BCUT2D eigenvalue weighted by molar-refractivity contribution is -0.148. The van der Waals surface area contributed by atoms with Crippen LogP contribution in [0.1, 0.15) is 33.6 Å². The molecule has 0 rings (SSSR count). The minimum absolute atomic E-state index is 0.0366. The molecule has 0 saturated heterocycles. The number of ether oxygens (including phenoxy) is 3. The van der Waals surface area contributed by atoms with Crippen molar-refractivity contribution in [3.63, 3.8) is 0 Å². The molecule has 0 fully saturated rings. The Hall–Kier alpha value is -0.650. The van der Waals surface area contributed by atoms with Gasteiger partial charge in [-0.05, 0) is 19.8 Å². The van der Waals surface area contributed by atoms with Gasteiger partial charge in [-0.1, -0.05) is 13.8 Å². The standard InChI is InChI=1S/C14H29NO4/c1-5-13(6-2)15(8-10-17-4)9-11-18-12-14(16)19-7-3/h13H,5-12H2,1-4H3. The summed E-state index contributed by atoms with van der Waals surface area (Å²) in [6.45, 7) is 9.57. The quantitative estimate of drug-likeness (QED) is 0.401. The average molecular weight is 275 g/mol. The van der Waals surface area contributed by atoms with Crippen molar-refractivity contribution in [2.24, 2.45) is 0 Å². The van der Waals surface area contributed by atoms with Crippen molar-refractivity contribution in [1.82, 2.24) is 4.90 Å². The predicted molar refractivity (Wildman–Crippen MR) is 75.3 cm³/mol. The van der Waals surface area contributed by atoms with Crippen LogP contribution < -0.4 is 0 Å². The van der Waals surface area contributed by atoms with Crippen molar-refractivity contribution in [2.75, 3.05) is 46.6 Å². The number of esters is 1. The Morgan fingerprint density at radius 3 is 2.26 bits per heavy atom. The van der Waals surface area contributed by atoms with Gasteiger partial charge in [0.15, 0.2) is 0 Å².